The van der Waals surface area contributed by atoms with Crippen molar-refractivity contribution in [1.29, 1.82) is 0 Å². The molecule has 0 saturated heterocycles. The van der Waals surface area contributed by atoms with Crippen molar-refractivity contribution in [2.24, 2.45) is 0 Å². The molecule has 88 valence electrons. The number of nitrogens with zero attached hydrogens (tertiary/aromatic N) is 2. The lowest BCUT2D eigenvalue weighted by Crippen LogP contribution is -2.33. The maximum Gasteiger partial charge on any atom is 0.327 e. The summed E-state index contributed by atoms with van der Waals surface area (Å²) < 4.78 is 4.74. The van der Waals surface area contributed by atoms with Gasteiger partial charge in [-0.25, -0.2) is 4.79 Å². The zero-order chi connectivity index (χ0) is 12.0. The van der Waals surface area contributed by atoms with Gasteiger partial charge < -0.3 is 9.84 Å². The molecule has 0 aliphatic rings. The van der Waals surface area contributed by atoms with Crippen molar-refractivity contribution >= 4 is 5.97 Å². The Morgan fingerprint density at radius 3 is 2.94 bits per heavy atom. The summed E-state index contributed by atoms with van der Waals surface area (Å²) in [5.41, 5.74) is 0.755. The van der Waals surface area contributed by atoms with Gasteiger partial charge in [0.05, 0.1) is 13.7 Å². The number of rotatable bonds is 5. The van der Waals surface area contributed by atoms with E-state index in [1.54, 1.807) is 30.4 Å². The standard InChI is InChI=1S/C11H16N2O3/c1-13(6-7-14)10(11(15)16-2)9-4-3-5-12-8-9/h3-5,8,10,14H,6-7H2,1-2H3. The Labute approximate surface area is 94.7 Å². The van der Waals surface area contributed by atoms with Gasteiger partial charge in [-0.15, -0.1) is 0 Å². The van der Waals surface area contributed by atoms with Gasteiger partial charge >= 0.3 is 5.97 Å². The predicted octanol–water partition coefficient (Wildman–Crippen LogP) is 0.220. The Hall–Kier alpha value is -1.46. The molecule has 1 aromatic rings. The van der Waals surface area contributed by atoms with Crippen molar-refractivity contribution in [3.05, 3.63) is 30.1 Å². The Kier molecular flexibility index (Phi) is 4.88. The third-order valence-corrected chi connectivity index (χ3v) is 2.32. The SMILES string of the molecule is COC(=O)C(c1cccnc1)N(C)CCO. The number of aliphatic hydroxyl groups is 1. The molecule has 0 radical (unpaired) electrons. The van der Waals surface area contributed by atoms with Crippen LogP contribution in [0.2, 0.25) is 0 Å². The lowest BCUT2D eigenvalue weighted by atomic mass is 10.1. The van der Waals surface area contributed by atoms with E-state index >= 15 is 0 Å². The Morgan fingerprint density at radius 2 is 2.44 bits per heavy atom. The fourth-order valence-electron chi connectivity index (χ4n) is 1.51. The quantitative estimate of drug-likeness (QED) is 0.725. The second-order valence-electron chi connectivity index (χ2n) is 3.42. The van der Waals surface area contributed by atoms with Crippen LogP contribution in [0.15, 0.2) is 24.5 Å². The van der Waals surface area contributed by atoms with Gasteiger partial charge in [-0.3, -0.25) is 9.88 Å². The summed E-state index contributed by atoms with van der Waals surface area (Å²) >= 11 is 0. The van der Waals surface area contributed by atoms with E-state index in [-0.39, 0.29) is 12.6 Å². The van der Waals surface area contributed by atoms with Crippen molar-refractivity contribution in [2.75, 3.05) is 27.3 Å². The second kappa shape index (κ2) is 6.19. The number of aliphatic hydroxyl groups excluding tert-OH is 1. The Balaban J connectivity index is 2.92. The fraction of sp³-hybridized carbons (Fsp3) is 0.455. The molecule has 1 rings (SSSR count). The van der Waals surface area contributed by atoms with E-state index in [1.165, 1.54) is 7.11 Å². The molecule has 0 fully saturated rings. The summed E-state index contributed by atoms with van der Waals surface area (Å²) in [6.45, 7) is 0.388. The number of hydrogen-bond acceptors (Lipinski definition) is 5. The van der Waals surface area contributed by atoms with Gasteiger partial charge in [0.25, 0.3) is 0 Å². The van der Waals surface area contributed by atoms with Crippen molar-refractivity contribution in [2.45, 2.75) is 6.04 Å². The minimum absolute atomic E-state index is 0.00967. The molecule has 0 aliphatic heterocycles. The van der Waals surface area contributed by atoms with E-state index in [4.69, 9.17) is 9.84 Å². The minimum atomic E-state index is -0.522. The molecule has 1 aromatic heterocycles. The summed E-state index contributed by atoms with van der Waals surface area (Å²) in [6.07, 6.45) is 3.26. The van der Waals surface area contributed by atoms with Crippen LogP contribution in [0.4, 0.5) is 0 Å². The van der Waals surface area contributed by atoms with Gasteiger partial charge in [-0.2, -0.15) is 0 Å². The molecule has 0 saturated carbocycles. The molecular formula is C11H16N2O3. The maximum absolute atomic E-state index is 11.7. The highest BCUT2D eigenvalue weighted by Crippen LogP contribution is 2.19. The van der Waals surface area contributed by atoms with Gasteiger partial charge in [0, 0.05) is 18.9 Å². The van der Waals surface area contributed by atoms with Crippen LogP contribution in [-0.4, -0.2) is 48.3 Å². The maximum atomic E-state index is 11.7. The van der Waals surface area contributed by atoms with Crippen LogP contribution in [0.1, 0.15) is 11.6 Å². The van der Waals surface area contributed by atoms with E-state index in [0.717, 1.165) is 5.56 Å². The summed E-state index contributed by atoms with van der Waals surface area (Å²) in [4.78, 5) is 17.3. The van der Waals surface area contributed by atoms with Gasteiger partial charge in [0.2, 0.25) is 0 Å². The molecule has 1 unspecified atom stereocenters. The number of esters is 1. The molecule has 1 N–H and O–H groups in total. The lowest BCUT2D eigenvalue weighted by Gasteiger charge is -2.25. The highest BCUT2D eigenvalue weighted by atomic mass is 16.5. The first-order valence-electron chi connectivity index (χ1n) is 4.99. The van der Waals surface area contributed by atoms with Crippen molar-refractivity contribution < 1.29 is 14.6 Å². The van der Waals surface area contributed by atoms with Gasteiger partial charge in [-0.1, -0.05) is 6.07 Å². The highest BCUT2D eigenvalue weighted by molar-refractivity contribution is 5.77. The number of pyridine rings is 1. The van der Waals surface area contributed by atoms with E-state index in [2.05, 4.69) is 4.98 Å². The fourth-order valence-corrected chi connectivity index (χ4v) is 1.51. The van der Waals surface area contributed by atoms with E-state index in [1.807, 2.05) is 6.07 Å². The van der Waals surface area contributed by atoms with Crippen molar-refractivity contribution in [3.63, 3.8) is 0 Å². The minimum Gasteiger partial charge on any atom is -0.468 e. The molecule has 0 bridgehead atoms. The average Bonchev–Trinajstić information content (AvgIpc) is 2.31. The van der Waals surface area contributed by atoms with E-state index in [0.29, 0.717) is 6.54 Å². The van der Waals surface area contributed by atoms with E-state index < -0.39 is 6.04 Å². The smallest absolute Gasteiger partial charge is 0.327 e. The normalized spacial score (nSPS) is 12.5. The third-order valence-electron chi connectivity index (χ3n) is 2.32. The first-order valence-corrected chi connectivity index (χ1v) is 4.99. The zero-order valence-corrected chi connectivity index (χ0v) is 9.46. The summed E-state index contributed by atoms with van der Waals surface area (Å²) in [6, 6.07) is 3.05. The van der Waals surface area contributed by atoms with Crippen molar-refractivity contribution in [3.8, 4) is 0 Å². The third kappa shape index (κ3) is 3.01. The van der Waals surface area contributed by atoms with Crippen LogP contribution >= 0.6 is 0 Å². The first kappa shape index (κ1) is 12.6. The van der Waals surface area contributed by atoms with Crippen LogP contribution in [0.25, 0.3) is 0 Å². The van der Waals surface area contributed by atoms with Crippen LogP contribution in [0, 0.1) is 0 Å². The molecule has 16 heavy (non-hydrogen) atoms. The largest absolute Gasteiger partial charge is 0.468 e. The van der Waals surface area contributed by atoms with Crippen LogP contribution in [0.3, 0.4) is 0 Å². The number of likely N-dealkylation sites (N-methyl/N-ethyl adjacent to an activating group) is 1. The number of carbonyl (C=O) groups is 1. The molecule has 1 atom stereocenters. The number of methoxy groups -OCH3 is 1. The van der Waals surface area contributed by atoms with Gasteiger partial charge in [-0.05, 0) is 18.7 Å². The molecule has 5 nitrogen and oxygen atoms in total. The first-order chi connectivity index (χ1) is 7.70. The Morgan fingerprint density at radius 1 is 1.69 bits per heavy atom. The van der Waals surface area contributed by atoms with E-state index in [9.17, 15) is 4.79 Å². The molecular weight excluding hydrogens is 208 g/mol. The number of hydrogen-bond donors (Lipinski definition) is 1. The average molecular weight is 224 g/mol. The summed E-state index contributed by atoms with van der Waals surface area (Å²) in [5.74, 6) is -0.357. The molecule has 0 aliphatic carbocycles. The zero-order valence-electron chi connectivity index (χ0n) is 9.46. The second-order valence-corrected chi connectivity index (χ2v) is 3.42. The van der Waals surface area contributed by atoms with Crippen LogP contribution in [0.5, 0.6) is 0 Å². The predicted molar refractivity (Wildman–Crippen MR) is 58.7 cm³/mol. The van der Waals surface area contributed by atoms with Gasteiger partial charge in [0.15, 0.2) is 0 Å². The van der Waals surface area contributed by atoms with Crippen LogP contribution in [-0.2, 0) is 9.53 Å². The van der Waals surface area contributed by atoms with Crippen molar-refractivity contribution in [1.82, 2.24) is 9.88 Å². The van der Waals surface area contributed by atoms with Crippen LogP contribution < -0.4 is 0 Å². The highest BCUT2D eigenvalue weighted by Gasteiger charge is 2.25. The number of aromatic nitrogens is 1. The number of ether oxygens (including phenoxy) is 1. The molecule has 0 amide bonds. The summed E-state index contributed by atoms with van der Waals surface area (Å²) in [7, 11) is 3.10. The molecule has 5 heteroatoms. The Bertz CT molecular complexity index is 329. The molecule has 0 aromatic carbocycles. The summed E-state index contributed by atoms with van der Waals surface area (Å²) in [5, 5.41) is 8.88. The molecule has 0 spiro atoms. The van der Waals surface area contributed by atoms with Gasteiger partial charge in [0.1, 0.15) is 6.04 Å². The topological polar surface area (TPSA) is 62.7 Å². The number of carbonyl (C=O) groups excluding carboxylic acids is 1. The lowest BCUT2D eigenvalue weighted by molar-refractivity contribution is -0.146. The monoisotopic (exact) mass is 224 g/mol. The molecule has 1 heterocycles.